The van der Waals surface area contributed by atoms with E-state index in [9.17, 15) is 62.3 Å². The lowest BCUT2D eigenvalue weighted by atomic mass is 10.00. The van der Waals surface area contributed by atoms with Crippen LogP contribution >= 0.6 is 22.6 Å². The number of rotatable bonds is 30. The van der Waals surface area contributed by atoms with Gasteiger partial charge in [-0.15, -0.1) is 0 Å². The van der Waals surface area contributed by atoms with E-state index in [1.165, 1.54) is 14.4 Å². The fourth-order valence-corrected chi connectivity index (χ4v) is 12.8. The molecule has 1 aromatic heterocycles. The number of carboxylic acid groups (broad SMARTS) is 4. The molecule has 724 valence electrons. The van der Waals surface area contributed by atoms with Gasteiger partial charge in [0.15, 0.2) is 6.29 Å². The van der Waals surface area contributed by atoms with Crippen LogP contribution in [-0.4, -0.2) is 196 Å². The van der Waals surface area contributed by atoms with Gasteiger partial charge in [0.1, 0.15) is 18.8 Å². The Hall–Kier alpha value is -12.8. The minimum Gasteiger partial charge on any atom is -0.478 e. The van der Waals surface area contributed by atoms with E-state index in [1.54, 1.807) is 166 Å². The van der Waals surface area contributed by atoms with Gasteiger partial charge in [-0.2, -0.15) is 0 Å². The lowest BCUT2D eigenvalue weighted by molar-refractivity contribution is -0.145. The van der Waals surface area contributed by atoms with Crippen LogP contribution in [0.4, 0.5) is 0 Å². The average Bonchev–Trinajstić information content (AvgIpc) is 0.764. The fraction of sp³-hybridized carbons (Fsp3) is 0.375. The maximum absolute atomic E-state index is 12.8. The second kappa shape index (κ2) is 65.7. The molecule has 0 fully saturated rings. The molecule has 0 aliphatic rings. The lowest BCUT2D eigenvalue weighted by Crippen LogP contribution is -2.42. The number of aromatic nitrogens is 1. The molecule has 133 heavy (non-hydrogen) atoms. The highest BCUT2D eigenvalue weighted by atomic mass is 127. The van der Waals surface area contributed by atoms with Crippen molar-refractivity contribution in [3.63, 3.8) is 0 Å². The van der Waals surface area contributed by atoms with Crippen molar-refractivity contribution in [1.29, 1.82) is 0 Å². The number of amides is 2. The van der Waals surface area contributed by atoms with E-state index in [2.05, 4.69) is 36.9 Å². The van der Waals surface area contributed by atoms with E-state index in [0.29, 0.717) is 130 Å². The maximum Gasteiger partial charge on any atom is 0.355 e. The number of halogens is 1. The van der Waals surface area contributed by atoms with Gasteiger partial charge in [0.25, 0.3) is 17.4 Å². The van der Waals surface area contributed by atoms with Crippen molar-refractivity contribution in [2.45, 2.75) is 202 Å². The van der Waals surface area contributed by atoms with E-state index < -0.39 is 41.8 Å². The Morgan fingerprint density at radius 3 is 0.940 bits per heavy atom. The van der Waals surface area contributed by atoms with Crippen LogP contribution < -0.4 is 21.9 Å². The van der Waals surface area contributed by atoms with Crippen molar-refractivity contribution in [1.82, 2.24) is 25.0 Å². The largest absolute Gasteiger partial charge is 0.478 e. The van der Waals surface area contributed by atoms with Gasteiger partial charge in [0, 0.05) is 44.9 Å². The van der Waals surface area contributed by atoms with Crippen LogP contribution in [0.15, 0.2) is 165 Å². The van der Waals surface area contributed by atoms with Crippen molar-refractivity contribution in [2.24, 2.45) is 5.73 Å². The van der Waals surface area contributed by atoms with E-state index >= 15 is 0 Å². The first kappa shape index (κ1) is 122. The molecule has 0 spiro atoms. The first-order valence-corrected chi connectivity index (χ1v) is 44.5. The Balaban J connectivity index is 0. The number of carboxylic acids is 4. The predicted octanol–water partition coefficient (Wildman–Crippen LogP) is 19.1. The minimum atomic E-state index is -0.900. The summed E-state index contributed by atoms with van der Waals surface area (Å²) in [5.74, 6) is -5.74. The molecule has 28 nitrogen and oxygen atoms in total. The molecule has 29 heteroatoms. The summed E-state index contributed by atoms with van der Waals surface area (Å²) < 4.78 is 26.6. The Morgan fingerprint density at radius 1 is 0.406 bits per heavy atom. The van der Waals surface area contributed by atoms with Gasteiger partial charge in [-0.25, -0.2) is 24.0 Å². The number of hydrogen-bond donors (Lipinski definition) is 7. The molecule has 0 saturated heterocycles. The van der Waals surface area contributed by atoms with Gasteiger partial charge in [0.2, 0.25) is 0 Å². The molecule has 7 aromatic carbocycles. The van der Waals surface area contributed by atoms with E-state index in [4.69, 9.17) is 49.8 Å². The molecule has 1 heterocycles. The molecule has 0 unspecified atom stereocenters. The first-order chi connectivity index (χ1) is 62.5. The van der Waals surface area contributed by atoms with E-state index in [-0.39, 0.29) is 73.7 Å². The highest BCUT2D eigenvalue weighted by Gasteiger charge is 2.28. The molecule has 8 N–H and O–H groups in total. The smallest absolute Gasteiger partial charge is 0.355 e. The number of carbonyl (C=O) groups is 12. The van der Waals surface area contributed by atoms with Crippen LogP contribution in [0.5, 0.6) is 0 Å². The summed E-state index contributed by atoms with van der Waals surface area (Å²) in [4.78, 5) is 152. The standard InChI is InChI=1S/C17H23NO3.C16H21NO4.C16H19NO3.3C10H10O2.C8H7IO2.2C7H15NO2.C3H9N/c1-6-14-10-8-9-13(5)16(14)17(20)18(12(3)4)11-15(19)21-7-2;1-5-21-14(19)9-17(11(2)3)16(20)15-12(4)7-6-8-13(15)10-18;1-5-20-16(19)13-9-12-8-6-7-11(4)14(12)15(18)17(13)10(2)3;3*1-3-8-6-4-5-7(2)9(8)10(11)12;1-5-3-2-4-6(9)7(5)8(10)11;2*1-4-10-7(9)5-8-6(2)3;1-3(2)4/h6,8-10,12H,1,7,11H2,2-5H3;6-8,10-11H,5,9H2,1-4H3;6-10H,5H2,1-4H3;3*3-6H,1H2,2H3,(H,11,12);2-4H,1H3,(H,10,11);2*6,8H,4-5H2,1-3H3;3H,4H2,1-2H3. The topological polar surface area (TPSA) is 410 Å². The molecule has 8 aromatic rings. The molecule has 2 amide bonds. The number of esters is 5. The van der Waals surface area contributed by atoms with Crippen molar-refractivity contribution in [2.75, 3.05) is 59.2 Å². The summed E-state index contributed by atoms with van der Waals surface area (Å²) in [5, 5.41) is 42.6. The monoisotopic (exact) mass is 1950 g/mol. The molecule has 0 atom stereocenters. The molecular formula is C104H139IN6O22. The van der Waals surface area contributed by atoms with Crippen LogP contribution in [0.25, 0.3) is 35.1 Å². The molecule has 0 aliphatic heterocycles. The number of aryl methyl sites for hydroxylation is 7. The van der Waals surface area contributed by atoms with Crippen molar-refractivity contribution in [3.05, 3.63) is 280 Å². The van der Waals surface area contributed by atoms with Gasteiger partial charge >= 0.3 is 53.7 Å². The second-order valence-electron chi connectivity index (χ2n) is 30.9. The maximum atomic E-state index is 12.8. The molecule has 0 saturated carbocycles. The number of carbonyl (C=O) groups excluding carboxylic acids is 8. The minimum absolute atomic E-state index is 0.0464. The number of aromatic carboxylic acids is 4. The van der Waals surface area contributed by atoms with Crippen LogP contribution in [0, 0.1) is 52.0 Å². The molecule has 0 bridgehead atoms. The van der Waals surface area contributed by atoms with Gasteiger partial charge in [-0.3, -0.25) is 42.9 Å². The number of nitrogens with two attached hydrogens (primary N) is 1. The zero-order valence-corrected chi connectivity index (χ0v) is 83.8. The Morgan fingerprint density at radius 2 is 0.677 bits per heavy atom. The number of hydrogen-bond acceptors (Lipinski definition) is 21. The Bertz CT molecular complexity index is 4950. The number of benzene rings is 7. The highest BCUT2D eigenvalue weighted by molar-refractivity contribution is 14.1. The number of nitrogens with zero attached hydrogens (tertiary/aromatic N) is 3. The summed E-state index contributed by atoms with van der Waals surface area (Å²) in [6.07, 6.45) is 6.97. The zero-order chi connectivity index (χ0) is 102. The van der Waals surface area contributed by atoms with Gasteiger partial charge < -0.3 is 70.3 Å². The first-order valence-electron chi connectivity index (χ1n) is 43.4. The third-order valence-corrected chi connectivity index (χ3v) is 19.1. The van der Waals surface area contributed by atoms with Crippen molar-refractivity contribution < 1.29 is 102 Å². The molecule has 8 rings (SSSR count). The SMILES string of the molecule is C=Cc1cccc(C)c1C(=O)N(CC(=O)OCC)C(C)C.C=Cc1cccc(C)c1C(=O)O.C=Cc1cccc(C)c1C(=O)O.C=Cc1cccc(C)c1C(=O)O.CC(C)N.CCOC(=O)CN(C(=O)c1c(C)cccc1C=O)C(C)C.CCOC(=O)CNC(C)C.CCOC(=O)CNC(C)C.CCOC(=O)c1cc2cccc(C)c2c(=O)n1C(C)C.Cc1cccc(I)c1C(=O)O. The van der Waals surface area contributed by atoms with Gasteiger partial charge in [-0.1, -0.05) is 213 Å². The zero-order valence-electron chi connectivity index (χ0n) is 81.7. The molecule has 0 aliphatic carbocycles. The van der Waals surface area contributed by atoms with Gasteiger partial charge in [-0.05, 0) is 232 Å². The summed E-state index contributed by atoms with van der Waals surface area (Å²) >= 11 is 2.02. The van der Waals surface area contributed by atoms with E-state index in [1.807, 2.05) is 180 Å². The third kappa shape index (κ3) is 44.3. The molecular weight excluding hydrogens is 1810 g/mol. The number of aldehydes is 1. The average molecular weight is 1950 g/mol. The number of fused-ring (bicyclic) bond motifs is 1. The number of ether oxygens (including phenoxy) is 5. The lowest BCUT2D eigenvalue weighted by Gasteiger charge is -2.27. The summed E-state index contributed by atoms with van der Waals surface area (Å²) in [6, 6.07) is 40.1. The highest BCUT2D eigenvalue weighted by Crippen LogP contribution is 2.24. The molecule has 0 radical (unpaired) electrons. The third-order valence-electron chi connectivity index (χ3n) is 18.2. The van der Waals surface area contributed by atoms with Crippen molar-refractivity contribution in [3.8, 4) is 0 Å². The van der Waals surface area contributed by atoms with E-state index in [0.717, 1.165) is 47.9 Å². The normalized spacial score (nSPS) is 10.0. The van der Waals surface area contributed by atoms with Crippen LogP contribution in [0.3, 0.4) is 0 Å². The number of pyridine rings is 1. The summed E-state index contributed by atoms with van der Waals surface area (Å²) in [5.41, 5.74) is 16.3. The summed E-state index contributed by atoms with van der Waals surface area (Å²) in [6.45, 7) is 61.1. The van der Waals surface area contributed by atoms with Gasteiger partial charge in [0.05, 0.1) is 79.3 Å². The van der Waals surface area contributed by atoms with Crippen molar-refractivity contribution >= 4 is 129 Å². The summed E-state index contributed by atoms with van der Waals surface area (Å²) in [7, 11) is 0. The fourth-order valence-electron chi connectivity index (χ4n) is 12.0. The number of nitrogens with one attached hydrogen (secondary N) is 2. The predicted molar refractivity (Wildman–Crippen MR) is 537 cm³/mol. The van der Waals surface area contributed by atoms with Crippen LogP contribution in [0.2, 0.25) is 0 Å². The quantitative estimate of drug-likeness (QED) is 0.00951. The van der Waals surface area contributed by atoms with Crippen LogP contribution in [0.1, 0.15) is 268 Å². The Labute approximate surface area is 798 Å². The van der Waals surface area contributed by atoms with Crippen LogP contribution in [-0.2, 0) is 42.9 Å². The Kier molecular flexibility index (Phi) is 60.3. The second-order valence-corrected chi connectivity index (χ2v) is 32.1.